The van der Waals surface area contributed by atoms with Crippen LogP contribution in [-0.4, -0.2) is 62.6 Å². The van der Waals surface area contributed by atoms with Crippen molar-refractivity contribution in [2.24, 2.45) is 0 Å². The molecule has 14 heteroatoms. The number of hydrogen-bond donors (Lipinski definition) is 2. The van der Waals surface area contributed by atoms with Crippen LogP contribution >= 0.6 is 0 Å². The standard InChI is InChI=1S/C27H23F4N5O5/c1-15(27(29,30)31)35(13-16-2-4-18(28)5-3-16)22(37)14-36-24(39)26(41-25(36)40)10-8-17-12-19(6-7-20(17)26)33-23(38)21-9-11-32-34-21/h2-7,9,11-12,15H,8,10,13-14H2,1H3,(H,32,34)(H,33,38)/t15?,26-/m1/s1. The minimum absolute atomic E-state index is 0.0494. The quantitative estimate of drug-likeness (QED) is 0.413. The predicted molar refractivity (Wildman–Crippen MR) is 134 cm³/mol. The Kier molecular flexibility index (Phi) is 7.01. The Morgan fingerprint density at radius 3 is 2.56 bits per heavy atom. The van der Waals surface area contributed by atoms with E-state index in [1.165, 1.54) is 36.5 Å². The maximum atomic E-state index is 13.6. The highest BCUT2D eigenvalue weighted by atomic mass is 19.4. The Hall–Kier alpha value is -4.75. The first-order valence-corrected chi connectivity index (χ1v) is 12.5. The van der Waals surface area contributed by atoms with E-state index in [0.717, 1.165) is 19.1 Å². The van der Waals surface area contributed by atoms with Gasteiger partial charge in [-0.2, -0.15) is 18.3 Å². The Bertz CT molecular complexity index is 1510. The van der Waals surface area contributed by atoms with Crippen molar-refractivity contribution in [3.63, 3.8) is 0 Å². The molecule has 0 bridgehead atoms. The molecule has 0 radical (unpaired) electrons. The molecule has 2 aromatic carbocycles. The number of alkyl halides is 3. The van der Waals surface area contributed by atoms with Crippen molar-refractivity contribution in [3.8, 4) is 0 Å². The van der Waals surface area contributed by atoms with Crippen molar-refractivity contribution >= 4 is 29.5 Å². The number of aromatic nitrogens is 2. The molecule has 41 heavy (non-hydrogen) atoms. The highest BCUT2D eigenvalue weighted by Crippen LogP contribution is 2.46. The molecule has 1 aromatic heterocycles. The van der Waals surface area contributed by atoms with Crippen LogP contribution in [0.2, 0.25) is 0 Å². The van der Waals surface area contributed by atoms with Gasteiger partial charge in [0.2, 0.25) is 11.5 Å². The van der Waals surface area contributed by atoms with Crippen LogP contribution in [0.15, 0.2) is 54.7 Å². The summed E-state index contributed by atoms with van der Waals surface area (Å²) in [5.74, 6) is -3.06. The fraction of sp³-hybridized carbons (Fsp3) is 0.296. The first kappa shape index (κ1) is 27.8. The molecule has 1 fully saturated rings. The number of H-pyrrole nitrogens is 1. The van der Waals surface area contributed by atoms with Gasteiger partial charge < -0.3 is 15.0 Å². The van der Waals surface area contributed by atoms with E-state index in [1.54, 1.807) is 6.07 Å². The first-order valence-electron chi connectivity index (χ1n) is 12.5. The van der Waals surface area contributed by atoms with E-state index in [4.69, 9.17) is 4.74 Å². The summed E-state index contributed by atoms with van der Waals surface area (Å²) in [5, 5.41) is 8.95. The number of benzene rings is 2. The third-order valence-electron chi connectivity index (χ3n) is 7.18. The highest BCUT2D eigenvalue weighted by Gasteiger charge is 2.58. The minimum Gasteiger partial charge on any atom is -0.427 e. The monoisotopic (exact) mass is 573 g/mol. The van der Waals surface area contributed by atoms with E-state index >= 15 is 0 Å². The molecule has 2 N–H and O–H groups in total. The SMILES string of the molecule is CC(N(Cc1ccc(F)cc1)C(=O)CN1C(=O)O[C@@]2(CCc3cc(NC(=O)c4ccn[nH]4)ccc32)C1=O)C(F)(F)F. The van der Waals surface area contributed by atoms with Crippen molar-refractivity contribution in [1.82, 2.24) is 20.0 Å². The Morgan fingerprint density at radius 1 is 1.17 bits per heavy atom. The van der Waals surface area contributed by atoms with E-state index in [1.807, 2.05) is 0 Å². The Morgan fingerprint density at radius 2 is 1.90 bits per heavy atom. The number of aryl methyl sites for hydroxylation is 1. The Balaban J connectivity index is 1.35. The molecule has 10 nitrogen and oxygen atoms in total. The molecule has 2 heterocycles. The van der Waals surface area contributed by atoms with Gasteiger partial charge in [-0.1, -0.05) is 18.2 Å². The molecule has 2 aliphatic rings. The number of fused-ring (bicyclic) bond motifs is 2. The summed E-state index contributed by atoms with van der Waals surface area (Å²) in [5.41, 5.74) is 0.110. The molecule has 2 atom stereocenters. The van der Waals surface area contributed by atoms with Crippen molar-refractivity contribution in [2.75, 3.05) is 11.9 Å². The maximum absolute atomic E-state index is 13.6. The molecule has 1 spiro atoms. The van der Waals surface area contributed by atoms with Gasteiger partial charge >= 0.3 is 12.3 Å². The van der Waals surface area contributed by atoms with E-state index in [-0.39, 0.29) is 17.7 Å². The van der Waals surface area contributed by atoms with E-state index in [2.05, 4.69) is 15.5 Å². The number of imide groups is 1. The van der Waals surface area contributed by atoms with Gasteiger partial charge in [0.25, 0.3) is 11.8 Å². The molecule has 214 valence electrons. The van der Waals surface area contributed by atoms with Crippen LogP contribution in [0.1, 0.15) is 40.5 Å². The number of aromatic amines is 1. The molecule has 5 rings (SSSR count). The van der Waals surface area contributed by atoms with Crippen LogP contribution in [0, 0.1) is 5.82 Å². The number of carbonyl (C=O) groups excluding carboxylic acids is 4. The topological polar surface area (TPSA) is 125 Å². The predicted octanol–water partition coefficient (Wildman–Crippen LogP) is 3.90. The first-order chi connectivity index (χ1) is 19.4. The average Bonchev–Trinajstić information content (AvgIpc) is 3.64. The molecule has 1 aliphatic heterocycles. The number of anilines is 1. The molecule has 3 aromatic rings. The lowest BCUT2D eigenvalue weighted by Crippen LogP contribution is -2.51. The number of carbonyl (C=O) groups is 4. The molecule has 4 amide bonds. The number of halogens is 4. The summed E-state index contributed by atoms with van der Waals surface area (Å²) in [7, 11) is 0. The van der Waals surface area contributed by atoms with Crippen LogP contribution in [-0.2, 0) is 32.9 Å². The second kappa shape index (κ2) is 10.3. The molecule has 1 aliphatic carbocycles. The lowest BCUT2D eigenvalue weighted by atomic mass is 9.94. The van der Waals surface area contributed by atoms with Gasteiger partial charge in [-0.15, -0.1) is 0 Å². The number of hydrogen-bond acceptors (Lipinski definition) is 6. The van der Waals surface area contributed by atoms with Crippen molar-refractivity contribution < 1.29 is 41.5 Å². The number of rotatable bonds is 7. The fourth-order valence-corrected chi connectivity index (χ4v) is 4.94. The van der Waals surface area contributed by atoms with Gasteiger partial charge in [0.1, 0.15) is 24.1 Å². The molecular weight excluding hydrogens is 550 g/mol. The molecule has 1 saturated heterocycles. The van der Waals surface area contributed by atoms with Crippen LogP contribution < -0.4 is 5.32 Å². The fourth-order valence-electron chi connectivity index (χ4n) is 4.94. The average molecular weight is 574 g/mol. The maximum Gasteiger partial charge on any atom is 0.418 e. The Labute approximate surface area is 230 Å². The number of amides is 4. The molecule has 1 unspecified atom stereocenters. The molecular formula is C27H23F4N5O5. The van der Waals surface area contributed by atoms with Gasteiger partial charge in [-0.3, -0.25) is 19.5 Å². The van der Waals surface area contributed by atoms with Crippen LogP contribution in [0.3, 0.4) is 0 Å². The summed E-state index contributed by atoms with van der Waals surface area (Å²) in [6, 6.07) is 8.47. The zero-order valence-corrected chi connectivity index (χ0v) is 21.5. The normalized spacial score (nSPS) is 18.8. The second-order valence-corrected chi connectivity index (χ2v) is 9.75. The van der Waals surface area contributed by atoms with Gasteiger partial charge in [0.05, 0.1) is 0 Å². The third-order valence-corrected chi connectivity index (χ3v) is 7.18. The zero-order chi connectivity index (χ0) is 29.5. The second-order valence-electron chi connectivity index (χ2n) is 9.75. The number of ether oxygens (including phenoxy) is 1. The summed E-state index contributed by atoms with van der Waals surface area (Å²) < 4.78 is 59.7. The van der Waals surface area contributed by atoms with Gasteiger partial charge in [-0.05, 0) is 54.8 Å². The summed E-state index contributed by atoms with van der Waals surface area (Å²) in [4.78, 5) is 52.8. The lowest BCUT2D eigenvalue weighted by Gasteiger charge is -2.31. The van der Waals surface area contributed by atoms with Gasteiger partial charge in [-0.25, -0.2) is 14.1 Å². The summed E-state index contributed by atoms with van der Waals surface area (Å²) in [6.07, 6.45) is -4.20. The highest BCUT2D eigenvalue weighted by molar-refractivity contribution is 6.07. The molecule has 0 saturated carbocycles. The smallest absolute Gasteiger partial charge is 0.418 e. The van der Waals surface area contributed by atoms with Crippen molar-refractivity contribution in [1.29, 1.82) is 0 Å². The largest absolute Gasteiger partial charge is 0.427 e. The van der Waals surface area contributed by atoms with E-state index in [9.17, 15) is 36.7 Å². The zero-order valence-electron chi connectivity index (χ0n) is 21.5. The van der Waals surface area contributed by atoms with Gasteiger partial charge in [0.15, 0.2) is 0 Å². The van der Waals surface area contributed by atoms with Gasteiger partial charge in [0, 0.05) is 30.4 Å². The van der Waals surface area contributed by atoms with Crippen LogP contribution in [0.4, 0.5) is 28.0 Å². The third kappa shape index (κ3) is 5.24. The van der Waals surface area contributed by atoms with E-state index < -0.39 is 60.5 Å². The van der Waals surface area contributed by atoms with Crippen LogP contribution in [0.25, 0.3) is 0 Å². The summed E-state index contributed by atoms with van der Waals surface area (Å²) >= 11 is 0. The number of nitrogens with zero attached hydrogens (tertiary/aromatic N) is 3. The summed E-state index contributed by atoms with van der Waals surface area (Å²) in [6.45, 7) is -0.727. The van der Waals surface area contributed by atoms with E-state index in [0.29, 0.717) is 33.0 Å². The minimum atomic E-state index is -4.80. The van der Waals surface area contributed by atoms with Crippen molar-refractivity contribution in [2.45, 2.75) is 44.1 Å². The van der Waals surface area contributed by atoms with Crippen molar-refractivity contribution in [3.05, 3.63) is 82.9 Å². The van der Waals surface area contributed by atoms with Crippen LogP contribution in [0.5, 0.6) is 0 Å². The lowest BCUT2D eigenvalue weighted by molar-refractivity contribution is -0.187. The number of nitrogens with one attached hydrogen (secondary N) is 2.